The van der Waals surface area contributed by atoms with E-state index in [1.54, 1.807) is 25.1 Å². The molecule has 2 rings (SSSR count). The first-order chi connectivity index (χ1) is 16.7. The van der Waals surface area contributed by atoms with E-state index in [-0.39, 0.29) is 23.9 Å². The van der Waals surface area contributed by atoms with Crippen molar-refractivity contribution >= 4 is 21.5 Å². The van der Waals surface area contributed by atoms with Gasteiger partial charge in [0, 0.05) is 18.6 Å². The quantitative estimate of drug-likeness (QED) is 0.143. The van der Waals surface area contributed by atoms with Crippen molar-refractivity contribution in [3.63, 3.8) is 0 Å². The predicted molar refractivity (Wildman–Crippen MR) is 136 cm³/mol. The van der Waals surface area contributed by atoms with E-state index >= 15 is 0 Å². The van der Waals surface area contributed by atoms with E-state index in [1.807, 2.05) is 0 Å². The average molecular weight is 551 g/mol. The summed E-state index contributed by atoms with van der Waals surface area (Å²) >= 11 is 3.49. The van der Waals surface area contributed by atoms with Crippen LogP contribution < -0.4 is 4.74 Å². The number of halogens is 3. The van der Waals surface area contributed by atoms with Crippen molar-refractivity contribution in [2.75, 3.05) is 20.3 Å². The molecule has 0 aliphatic rings. The normalized spacial score (nSPS) is 12.7. The molecule has 0 amide bonds. The first kappa shape index (κ1) is 28.1. The van der Waals surface area contributed by atoms with Crippen molar-refractivity contribution in [1.29, 1.82) is 0 Å². The summed E-state index contributed by atoms with van der Waals surface area (Å²) in [5.41, 5.74) is 1.03. The van der Waals surface area contributed by atoms with E-state index in [9.17, 15) is 8.78 Å². The van der Waals surface area contributed by atoms with Crippen LogP contribution in [0.25, 0.3) is 11.3 Å². The van der Waals surface area contributed by atoms with Crippen LogP contribution in [-0.2, 0) is 14.2 Å². The van der Waals surface area contributed by atoms with Gasteiger partial charge in [0.1, 0.15) is 16.0 Å². The number of allylic oxidation sites excluding steroid dienone is 5. The molecule has 0 fully saturated rings. The number of nitrogens with zero attached hydrogens (tertiary/aromatic N) is 2. The Kier molecular flexibility index (Phi) is 10.9. The van der Waals surface area contributed by atoms with Crippen molar-refractivity contribution < 1.29 is 27.7 Å². The van der Waals surface area contributed by atoms with Gasteiger partial charge in [0.2, 0.25) is 0 Å². The minimum absolute atomic E-state index is 0.0847. The molecule has 0 saturated heterocycles. The Labute approximate surface area is 213 Å². The smallest absolute Gasteiger partial charge is 0.260 e. The van der Waals surface area contributed by atoms with Gasteiger partial charge >= 0.3 is 0 Å². The van der Waals surface area contributed by atoms with Crippen LogP contribution in [0.2, 0.25) is 0 Å². The van der Waals surface area contributed by atoms with E-state index in [4.69, 9.17) is 18.9 Å². The van der Waals surface area contributed by atoms with Crippen molar-refractivity contribution in [2.24, 2.45) is 0 Å². The standard InChI is InChI=1S/C26H29BrF2N2O4/c1-7-20(14-13-17(3)28)24-23(27)25(30-31(24)22-12-10-9-11-21(22)29)35-26(33-8-2)19(5)34-16-15-18(4)32-6/h7,9-14,26H,1,4-5,8,15-16H2,2-3,6H3/b17-13+,20-14+. The minimum atomic E-state index is -1.01. The maximum absolute atomic E-state index is 14.7. The molecule has 0 saturated carbocycles. The van der Waals surface area contributed by atoms with E-state index < -0.39 is 17.9 Å². The van der Waals surface area contributed by atoms with Gasteiger partial charge in [0.25, 0.3) is 12.2 Å². The summed E-state index contributed by atoms with van der Waals surface area (Å²) in [6.45, 7) is 15.1. The summed E-state index contributed by atoms with van der Waals surface area (Å²) in [6.07, 6.45) is 3.74. The summed E-state index contributed by atoms with van der Waals surface area (Å²) < 4.78 is 52.2. The number of ether oxygens (including phenoxy) is 4. The zero-order valence-corrected chi connectivity index (χ0v) is 21.6. The lowest BCUT2D eigenvalue weighted by atomic mass is 10.1. The van der Waals surface area contributed by atoms with Gasteiger partial charge in [-0.3, -0.25) is 0 Å². The van der Waals surface area contributed by atoms with Crippen LogP contribution >= 0.6 is 15.9 Å². The molecule has 6 nitrogen and oxygen atoms in total. The minimum Gasteiger partial charge on any atom is -0.502 e. The lowest BCUT2D eigenvalue weighted by molar-refractivity contribution is -0.0834. The maximum atomic E-state index is 14.7. The van der Waals surface area contributed by atoms with Gasteiger partial charge in [-0.15, -0.1) is 5.10 Å². The highest BCUT2D eigenvalue weighted by Crippen LogP contribution is 2.37. The Morgan fingerprint density at radius 2 is 1.97 bits per heavy atom. The highest BCUT2D eigenvalue weighted by molar-refractivity contribution is 9.10. The lowest BCUT2D eigenvalue weighted by Gasteiger charge is -2.20. The Balaban J connectivity index is 2.50. The van der Waals surface area contributed by atoms with Gasteiger partial charge in [-0.05, 0) is 48.0 Å². The van der Waals surface area contributed by atoms with Crippen molar-refractivity contribution in [2.45, 2.75) is 26.6 Å². The van der Waals surface area contributed by atoms with Crippen LogP contribution in [0.4, 0.5) is 8.78 Å². The third kappa shape index (κ3) is 7.66. The van der Waals surface area contributed by atoms with Crippen LogP contribution in [0.3, 0.4) is 0 Å². The number of hydrogen-bond acceptors (Lipinski definition) is 5. The van der Waals surface area contributed by atoms with E-state index in [0.29, 0.717) is 34.5 Å². The summed E-state index contributed by atoms with van der Waals surface area (Å²) in [5, 5.41) is 4.46. The molecule has 0 spiro atoms. The molecule has 9 heteroatoms. The number of rotatable bonds is 14. The molecule has 2 aromatic rings. The highest BCUT2D eigenvalue weighted by Gasteiger charge is 2.26. The molecular weight excluding hydrogens is 522 g/mol. The van der Waals surface area contributed by atoms with E-state index in [2.05, 4.69) is 40.8 Å². The lowest BCUT2D eigenvalue weighted by Crippen LogP contribution is -2.25. The number of aromatic nitrogens is 2. The van der Waals surface area contributed by atoms with Crippen LogP contribution in [0.5, 0.6) is 5.88 Å². The second-order valence-corrected chi connectivity index (χ2v) is 7.92. The van der Waals surface area contributed by atoms with Crippen molar-refractivity contribution in [3.8, 4) is 11.6 Å². The van der Waals surface area contributed by atoms with Gasteiger partial charge in [0.15, 0.2) is 5.76 Å². The molecule has 188 valence electrons. The molecular formula is C26H29BrF2N2O4. The van der Waals surface area contributed by atoms with Crippen LogP contribution in [-0.4, -0.2) is 36.4 Å². The van der Waals surface area contributed by atoms with Gasteiger partial charge in [-0.1, -0.05) is 44.0 Å². The first-order valence-electron chi connectivity index (χ1n) is 10.7. The molecule has 0 aliphatic carbocycles. The summed E-state index contributed by atoms with van der Waals surface area (Å²) in [4.78, 5) is 0. The highest BCUT2D eigenvalue weighted by atomic mass is 79.9. The molecule has 0 N–H and O–H groups in total. The van der Waals surface area contributed by atoms with Crippen LogP contribution in [0.15, 0.2) is 84.0 Å². The van der Waals surface area contributed by atoms with Gasteiger partial charge in [-0.2, -0.15) is 0 Å². The second-order valence-electron chi connectivity index (χ2n) is 7.12. The number of para-hydroxylation sites is 1. The fourth-order valence-corrected chi connectivity index (χ4v) is 3.43. The van der Waals surface area contributed by atoms with Gasteiger partial charge < -0.3 is 18.9 Å². The Morgan fingerprint density at radius 3 is 2.57 bits per heavy atom. The Hall–Kier alpha value is -3.17. The summed E-state index contributed by atoms with van der Waals surface area (Å²) in [6, 6.07) is 6.11. The molecule has 1 aromatic heterocycles. The molecule has 0 bridgehead atoms. The third-order valence-corrected chi connectivity index (χ3v) is 5.34. The van der Waals surface area contributed by atoms with Crippen molar-refractivity contribution in [3.05, 3.63) is 95.6 Å². The molecule has 1 unspecified atom stereocenters. The first-order valence-corrected chi connectivity index (χ1v) is 11.5. The summed E-state index contributed by atoms with van der Waals surface area (Å²) in [5.74, 6) is -0.0658. The zero-order valence-electron chi connectivity index (χ0n) is 20.0. The van der Waals surface area contributed by atoms with Gasteiger partial charge in [-0.25, -0.2) is 13.5 Å². The number of benzene rings is 1. The fourth-order valence-electron chi connectivity index (χ4n) is 2.86. The SMILES string of the molecule is C=C/C(=C\C=C(/C)F)c1c(Br)c(OC(OCC)C(=C)OCCC(=C)OC)nn1-c1ccccc1F. The molecule has 35 heavy (non-hydrogen) atoms. The number of hydrogen-bond donors (Lipinski definition) is 0. The fraction of sp³-hybridized carbons (Fsp3) is 0.269. The molecule has 1 atom stereocenters. The monoisotopic (exact) mass is 550 g/mol. The van der Waals surface area contributed by atoms with Crippen molar-refractivity contribution in [1.82, 2.24) is 9.78 Å². The predicted octanol–water partition coefficient (Wildman–Crippen LogP) is 7.04. The Morgan fingerprint density at radius 1 is 1.26 bits per heavy atom. The van der Waals surface area contributed by atoms with E-state index in [0.717, 1.165) is 0 Å². The Bertz CT molecular complexity index is 1120. The van der Waals surface area contributed by atoms with Crippen LogP contribution in [0, 0.1) is 5.82 Å². The zero-order chi connectivity index (χ0) is 26.0. The third-order valence-electron chi connectivity index (χ3n) is 4.62. The molecule has 1 heterocycles. The topological polar surface area (TPSA) is 54.7 Å². The van der Waals surface area contributed by atoms with Crippen LogP contribution in [0.1, 0.15) is 26.0 Å². The molecule has 0 radical (unpaired) electrons. The molecule has 0 aliphatic heterocycles. The maximum Gasteiger partial charge on any atom is 0.260 e. The van der Waals surface area contributed by atoms with Gasteiger partial charge in [0.05, 0.1) is 31.0 Å². The van der Waals surface area contributed by atoms with E-state index in [1.165, 1.54) is 43.0 Å². The second kappa shape index (κ2) is 13.7. The largest absolute Gasteiger partial charge is 0.502 e. The average Bonchev–Trinajstić information content (AvgIpc) is 3.14. The number of methoxy groups -OCH3 is 1. The summed E-state index contributed by atoms with van der Waals surface area (Å²) in [7, 11) is 1.53. The molecule has 1 aromatic carbocycles.